The Morgan fingerprint density at radius 3 is 2.56 bits per heavy atom. The highest BCUT2D eigenvalue weighted by Gasteiger charge is 2.49. The number of hydrogen-bond acceptors (Lipinski definition) is 9. The molecule has 1 unspecified atom stereocenters. The predicted molar refractivity (Wildman–Crippen MR) is 123 cm³/mol. The summed E-state index contributed by atoms with van der Waals surface area (Å²) < 4.78 is 11.7. The van der Waals surface area contributed by atoms with E-state index >= 15 is 0 Å². The van der Waals surface area contributed by atoms with E-state index in [1.165, 1.54) is 17.9 Å². The second-order valence-corrected chi connectivity index (χ2v) is 8.74. The molecule has 3 aliphatic heterocycles. The number of rotatable bonds is 4. The fourth-order valence-electron chi connectivity index (χ4n) is 3.78. The lowest BCUT2D eigenvalue weighted by molar-refractivity contribution is -0.407. The molecule has 34 heavy (non-hydrogen) atoms. The molecule has 180 valence electrons. The summed E-state index contributed by atoms with van der Waals surface area (Å²) in [5.74, 6) is -0.577. The van der Waals surface area contributed by atoms with Crippen molar-refractivity contribution in [2.24, 2.45) is 15.9 Å². The molecule has 13 heteroatoms. The molecular weight excluding hydrogens is 464 g/mol. The van der Waals surface area contributed by atoms with Gasteiger partial charge in [0.25, 0.3) is 11.7 Å². The molecule has 0 aromatic carbocycles. The lowest BCUT2D eigenvalue weighted by Crippen LogP contribution is -2.55. The summed E-state index contributed by atoms with van der Waals surface area (Å²) in [5.41, 5.74) is 0. The Kier molecular flexibility index (Phi) is 6.82. The van der Waals surface area contributed by atoms with Crippen molar-refractivity contribution in [1.29, 1.82) is 0 Å². The largest absolute Gasteiger partial charge is 0.459 e. The molecule has 12 nitrogen and oxygen atoms in total. The van der Waals surface area contributed by atoms with Crippen LogP contribution < -0.4 is 0 Å². The number of carbonyl (C=O) groups excluding carboxylic acids is 4. The lowest BCUT2D eigenvalue weighted by Gasteiger charge is -2.34. The van der Waals surface area contributed by atoms with Crippen LogP contribution in [0.15, 0.2) is 32.8 Å². The van der Waals surface area contributed by atoms with E-state index in [0.29, 0.717) is 43.6 Å². The first kappa shape index (κ1) is 23.7. The van der Waals surface area contributed by atoms with Crippen molar-refractivity contribution >= 4 is 52.4 Å². The maximum absolute atomic E-state index is 12.9. The number of fused-ring (bicyclic) bond motifs is 1. The predicted octanol–water partition coefficient (Wildman–Crippen LogP) is 0.721. The first-order valence-electron chi connectivity index (χ1n) is 10.8. The Morgan fingerprint density at radius 2 is 1.91 bits per heavy atom. The third kappa shape index (κ3) is 4.47. The molecule has 1 atom stereocenters. The van der Waals surface area contributed by atoms with Crippen LogP contribution in [-0.2, 0) is 14.3 Å². The summed E-state index contributed by atoms with van der Waals surface area (Å²) in [6.45, 7) is 3.61. The molecule has 1 aromatic rings. The van der Waals surface area contributed by atoms with Gasteiger partial charge in [-0.3, -0.25) is 9.59 Å². The van der Waals surface area contributed by atoms with E-state index < -0.39 is 17.9 Å². The standard InChI is InChI=1S/C21H25N6O6S/c1-4-32-21(31)27-9-7-26(8-10-27)14(28)12-34-18-15-17(24(2)20(30)25(3)19(15)29)22-16(23-18)13-6-5-11-33-13/h5-6,11,15H,4,7-10,12H2,1-3H3/q+1. The first-order chi connectivity index (χ1) is 16.3. The van der Waals surface area contributed by atoms with Gasteiger partial charge in [-0.25, -0.2) is 14.6 Å². The highest BCUT2D eigenvalue weighted by atomic mass is 32.2. The van der Waals surface area contributed by atoms with Crippen LogP contribution in [0.1, 0.15) is 12.7 Å². The smallest absolute Gasteiger partial charge is 0.445 e. The zero-order chi connectivity index (χ0) is 24.4. The van der Waals surface area contributed by atoms with Crippen LogP contribution in [0, 0.1) is 5.92 Å². The van der Waals surface area contributed by atoms with E-state index in [1.807, 2.05) is 0 Å². The van der Waals surface area contributed by atoms with Gasteiger partial charge in [-0.2, -0.15) is 9.48 Å². The third-order valence-electron chi connectivity index (χ3n) is 5.68. The highest BCUT2D eigenvalue weighted by Crippen LogP contribution is 2.27. The van der Waals surface area contributed by atoms with Gasteiger partial charge >= 0.3 is 18.0 Å². The van der Waals surface area contributed by atoms with Crippen molar-refractivity contribution in [3.63, 3.8) is 0 Å². The maximum Gasteiger partial charge on any atom is 0.445 e. The summed E-state index contributed by atoms with van der Waals surface area (Å²) >= 11 is 1.13. The van der Waals surface area contributed by atoms with Gasteiger partial charge in [-0.05, 0) is 19.1 Å². The van der Waals surface area contributed by atoms with Gasteiger partial charge < -0.3 is 19.0 Å². The van der Waals surface area contributed by atoms with Crippen LogP contribution >= 0.6 is 11.8 Å². The minimum atomic E-state index is -0.884. The monoisotopic (exact) mass is 489 g/mol. The third-order valence-corrected chi connectivity index (χ3v) is 6.69. The molecule has 0 saturated carbocycles. The molecule has 1 saturated heterocycles. The summed E-state index contributed by atoms with van der Waals surface area (Å²) in [7, 11) is 2.94. The number of nitrogens with zero attached hydrogens (tertiary/aromatic N) is 6. The Bertz CT molecular complexity index is 1100. The Labute approximate surface area is 199 Å². The van der Waals surface area contributed by atoms with Gasteiger partial charge in [-0.15, -0.1) is 0 Å². The quantitative estimate of drug-likeness (QED) is 0.570. The topological polar surface area (TPSA) is 128 Å². The van der Waals surface area contributed by atoms with Crippen molar-refractivity contribution in [2.75, 3.05) is 52.6 Å². The Morgan fingerprint density at radius 1 is 1.21 bits per heavy atom. The Hall–Kier alpha value is -3.48. The van der Waals surface area contributed by atoms with E-state index in [2.05, 4.69) is 9.98 Å². The second-order valence-electron chi connectivity index (χ2n) is 7.75. The van der Waals surface area contributed by atoms with Crippen LogP contribution in [0.3, 0.4) is 0 Å². The minimum Gasteiger partial charge on any atom is -0.459 e. The molecule has 4 heterocycles. The molecular formula is C21H25N6O6S+. The highest BCUT2D eigenvalue weighted by molar-refractivity contribution is 8.14. The summed E-state index contributed by atoms with van der Waals surface area (Å²) in [6.07, 6.45) is 1.09. The van der Waals surface area contributed by atoms with Gasteiger partial charge in [0, 0.05) is 26.2 Å². The first-order valence-corrected chi connectivity index (χ1v) is 11.8. The maximum atomic E-state index is 12.9. The van der Waals surface area contributed by atoms with Crippen LogP contribution in [0.5, 0.6) is 0 Å². The summed E-state index contributed by atoms with van der Waals surface area (Å²) in [6, 6.07) is 2.86. The number of carbonyl (C=O) groups is 4. The van der Waals surface area contributed by atoms with E-state index in [1.54, 1.807) is 35.9 Å². The lowest BCUT2D eigenvalue weighted by atomic mass is 10.0. The molecule has 1 fully saturated rings. The number of ether oxygens (including phenoxy) is 1. The average Bonchev–Trinajstić information content (AvgIpc) is 3.39. The van der Waals surface area contributed by atoms with Gasteiger partial charge in [-0.1, -0.05) is 16.8 Å². The number of amidine groups is 2. The number of amides is 5. The fourth-order valence-corrected chi connectivity index (χ4v) is 4.76. The average molecular weight is 490 g/mol. The Balaban J connectivity index is 1.50. The molecule has 0 radical (unpaired) electrons. The van der Waals surface area contributed by atoms with Crippen LogP contribution in [0.2, 0.25) is 0 Å². The summed E-state index contributed by atoms with van der Waals surface area (Å²) in [4.78, 5) is 63.3. The fraction of sp³-hybridized carbons (Fsp3) is 0.476. The van der Waals surface area contributed by atoms with E-state index in [9.17, 15) is 19.2 Å². The minimum absolute atomic E-state index is 0.0438. The SMILES string of the molecule is CCOC(=O)N1CCN(C(=O)CSC2=NC(c3ccco3)=NC3=[N+](C)C(=O)N(C)C(=O)C23)CC1. The van der Waals surface area contributed by atoms with Crippen molar-refractivity contribution in [3.8, 4) is 0 Å². The number of piperazine rings is 1. The zero-order valence-electron chi connectivity index (χ0n) is 19.1. The number of imide groups is 1. The van der Waals surface area contributed by atoms with Gasteiger partial charge in [0.15, 0.2) is 11.7 Å². The van der Waals surface area contributed by atoms with Crippen molar-refractivity contribution < 1.29 is 32.9 Å². The number of urea groups is 1. The second kappa shape index (κ2) is 9.79. The van der Waals surface area contributed by atoms with E-state index in [4.69, 9.17) is 9.15 Å². The van der Waals surface area contributed by atoms with Crippen molar-refractivity contribution in [2.45, 2.75) is 6.92 Å². The normalized spacial score (nSPS) is 20.8. The number of thioether (sulfide) groups is 1. The van der Waals surface area contributed by atoms with Crippen LogP contribution in [-0.4, -0.2) is 113 Å². The van der Waals surface area contributed by atoms with Crippen LogP contribution in [0.4, 0.5) is 9.59 Å². The van der Waals surface area contributed by atoms with E-state index in [-0.39, 0.29) is 29.4 Å². The van der Waals surface area contributed by atoms with Gasteiger partial charge in [0.1, 0.15) is 5.04 Å². The molecule has 4 rings (SSSR count). The molecule has 0 aliphatic carbocycles. The molecule has 3 aliphatic rings. The van der Waals surface area contributed by atoms with Crippen LogP contribution in [0.25, 0.3) is 0 Å². The molecule has 0 spiro atoms. The van der Waals surface area contributed by atoms with Gasteiger partial charge in [0.05, 0.1) is 32.7 Å². The van der Waals surface area contributed by atoms with Crippen molar-refractivity contribution in [3.05, 3.63) is 24.2 Å². The van der Waals surface area contributed by atoms with Gasteiger partial charge in [0.2, 0.25) is 5.91 Å². The number of furan rings is 1. The molecule has 5 amide bonds. The number of aliphatic imine (C=N–C) groups is 2. The number of hydrogen-bond donors (Lipinski definition) is 0. The molecule has 0 bridgehead atoms. The molecule has 1 aromatic heterocycles. The zero-order valence-corrected chi connectivity index (χ0v) is 19.9. The van der Waals surface area contributed by atoms with E-state index in [0.717, 1.165) is 16.7 Å². The molecule has 0 N–H and O–H groups in total. The summed E-state index contributed by atoms with van der Waals surface area (Å²) in [5, 5.41) is 0.367. The van der Waals surface area contributed by atoms with Crippen molar-refractivity contribution in [1.82, 2.24) is 14.7 Å².